The quantitative estimate of drug-likeness (QED) is 0.580. The summed E-state index contributed by atoms with van der Waals surface area (Å²) in [4.78, 5) is 15.0. The summed E-state index contributed by atoms with van der Waals surface area (Å²) < 4.78 is 14.8. The first-order valence-corrected chi connectivity index (χ1v) is 12.4. The van der Waals surface area contributed by atoms with E-state index in [0.29, 0.717) is 18.9 Å². The lowest BCUT2D eigenvalue weighted by molar-refractivity contribution is -0.176. The molecule has 0 radical (unpaired) electrons. The van der Waals surface area contributed by atoms with E-state index in [-0.39, 0.29) is 23.0 Å². The van der Waals surface area contributed by atoms with Crippen molar-refractivity contribution >= 4 is 16.9 Å². The van der Waals surface area contributed by atoms with E-state index in [4.69, 9.17) is 9.47 Å². The number of hydrogen-bond donors (Lipinski definition) is 0. The molecule has 3 aliphatic rings. The molecule has 7 heteroatoms. The van der Waals surface area contributed by atoms with Crippen LogP contribution in [0.2, 0.25) is 0 Å². The van der Waals surface area contributed by atoms with Crippen molar-refractivity contribution in [2.24, 2.45) is 11.3 Å². The second-order valence-corrected chi connectivity index (χ2v) is 10.7. The van der Waals surface area contributed by atoms with Crippen molar-refractivity contribution < 1.29 is 14.3 Å². The maximum atomic E-state index is 13.0. The van der Waals surface area contributed by atoms with Gasteiger partial charge >= 0.3 is 0 Å². The van der Waals surface area contributed by atoms with Crippen molar-refractivity contribution in [3.63, 3.8) is 0 Å². The molecule has 4 heterocycles. The van der Waals surface area contributed by atoms with E-state index in [1.54, 1.807) is 0 Å². The number of ether oxygens (including phenoxy) is 2. The number of carbonyl (C=O) groups excluding carboxylic acids is 1. The molecule has 0 saturated carbocycles. The van der Waals surface area contributed by atoms with Gasteiger partial charge in [-0.05, 0) is 56.7 Å². The minimum absolute atomic E-state index is 0.0859. The van der Waals surface area contributed by atoms with Gasteiger partial charge in [0.1, 0.15) is 16.9 Å². The third kappa shape index (κ3) is 3.66. The summed E-state index contributed by atoms with van der Waals surface area (Å²) in [5, 5.41) is 8.41. The van der Waals surface area contributed by atoms with Crippen molar-refractivity contribution in [2.45, 2.75) is 57.8 Å². The highest BCUT2D eigenvalue weighted by molar-refractivity contribution is 5.77. The second kappa shape index (κ2) is 8.08. The average Bonchev–Trinajstić information content (AvgIpc) is 3.26. The van der Waals surface area contributed by atoms with Crippen LogP contribution in [-0.2, 0) is 16.1 Å². The van der Waals surface area contributed by atoms with Crippen LogP contribution < -0.4 is 4.74 Å². The van der Waals surface area contributed by atoms with E-state index < -0.39 is 0 Å². The van der Waals surface area contributed by atoms with Gasteiger partial charge in [0.05, 0.1) is 24.8 Å². The molecule has 2 fully saturated rings. The standard InChI is InChI=1S/C27H32N4O3/c1-26(2)20-17-27(18-33-25(20)19-7-3-6-10-23(19)34-26)12-15-30(16-13-27)24(32)11-14-31-22-9-5-4-8-21(22)28-29-31/h3-10,20,25H,11-18H2,1-2H3/t20-,25+/m0/s1. The minimum Gasteiger partial charge on any atom is -0.487 e. The van der Waals surface area contributed by atoms with E-state index in [9.17, 15) is 4.79 Å². The fourth-order valence-electron chi connectivity index (χ4n) is 6.12. The zero-order chi connectivity index (χ0) is 23.3. The van der Waals surface area contributed by atoms with E-state index in [2.05, 4.69) is 36.3 Å². The normalized spacial score (nSPS) is 24.9. The Bertz CT molecular complexity index is 1210. The summed E-state index contributed by atoms with van der Waals surface area (Å²) in [5.41, 5.74) is 2.85. The molecule has 178 valence electrons. The lowest BCUT2D eigenvalue weighted by Gasteiger charge is -2.54. The van der Waals surface area contributed by atoms with Crippen LogP contribution in [0.15, 0.2) is 48.5 Å². The van der Waals surface area contributed by atoms with E-state index in [0.717, 1.165) is 55.7 Å². The second-order valence-electron chi connectivity index (χ2n) is 10.7. The molecule has 2 saturated heterocycles. The number of carbonyl (C=O) groups is 1. The van der Waals surface area contributed by atoms with Crippen LogP contribution in [0.4, 0.5) is 0 Å². The Labute approximate surface area is 200 Å². The summed E-state index contributed by atoms with van der Waals surface area (Å²) >= 11 is 0. The molecule has 7 nitrogen and oxygen atoms in total. The van der Waals surface area contributed by atoms with Crippen molar-refractivity contribution in [2.75, 3.05) is 19.7 Å². The summed E-state index contributed by atoms with van der Waals surface area (Å²) in [5.74, 6) is 1.45. The smallest absolute Gasteiger partial charge is 0.224 e. The number of likely N-dealkylation sites (tertiary alicyclic amines) is 1. The number of hydrogen-bond acceptors (Lipinski definition) is 5. The Morgan fingerprint density at radius 3 is 2.71 bits per heavy atom. The third-order valence-electron chi connectivity index (χ3n) is 8.21. The Kier molecular flexibility index (Phi) is 5.13. The van der Waals surface area contributed by atoms with Crippen LogP contribution >= 0.6 is 0 Å². The molecule has 34 heavy (non-hydrogen) atoms. The van der Waals surface area contributed by atoms with Gasteiger partial charge < -0.3 is 14.4 Å². The maximum Gasteiger partial charge on any atom is 0.224 e. The van der Waals surface area contributed by atoms with E-state index in [1.807, 2.05) is 46.0 Å². The van der Waals surface area contributed by atoms with Crippen LogP contribution in [0, 0.1) is 11.3 Å². The first-order chi connectivity index (χ1) is 16.4. The Morgan fingerprint density at radius 1 is 1.09 bits per heavy atom. The van der Waals surface area contributed by atoms with Gasteiger partial charge in [0.2, 0.25) is 5.91 Å². The third-order valence-corrected chi connectivity index (χ3v) is 8.21. The van der Waals surface area contributed by atoms with Crippen LogP contribution in [-0.4, -0.2) is 51.1 Å². The number of aromatic nitrogens is 3. The minimum atomic E-state index is -0.278. The van der Waals surface area contributed by atoms with Crippen molar-refractivity contribution in [1.29, 1.82) is 0 Å². The Balaban J connectivity index is 1.09. The number of benzene rings is 2. The molecule has 2 atom stereocenters. The van der Waals surface area contributed by atoms with Crippen molar-refractivity contribution in [3.8, 4) is 5.75 Å². The van der Waals surface area contributed by atoms with E-state index >= 15 is 0 Å². The SMILES string of the molecule is CC1(C)Oc2ccccc2[C@H]2OCC3(CCN(C(=O)CCn4nnc5ccccc54)CC3)C[C@@H]21. The van der Waals surface area contributed by atoms with Gasteiger partial charge in [0, 0.05) is 31.0 Å². The topological polar surface area (TPSA) is 69.5 Å². The molecule has 1 aromatic heterocycles. The average molecular weight is 461 g/mol. The molecule has 1 spiro atoms. The number of para-hydroxylation sites is 2. The molecule has 2 aromatic carbocycles. The van der Waals surface area contributed by atoms with Gasteiger partial charge in [-0.15, -0.1) is 5.10 Å². The highest BCUT2D eigenvalue weighted by Crippen LogP contribution is 2.55. The zero-order valence-electron chi connectivity index (χ0n) is 19.9. The molecule has 6 rings (SSSR count). The predicted octanol–water partition coefficient (Wildman–Crippen LogP) is 4.38. The predicted molar refractivity (Wildman–Crippen MR) is 128 cm³/mol. The summed E-state index contributed by atoms with van der Waals surface area (Å²) in [6.07, 6.45) is 3.56. The van der Waals surface area contributed by atoms with Gasteiger partial charge in [-0.3, -0.25) is 4.79 Å². The fourth-order valence-corrected chi connectivity index (χ4v) is 6.12. The number of fused-ring (bicyclic) bond motifs is 4. The number of nitrogens with zero attached hydrogens (tertiary/aromatic N) is 4. The lowest BCUT2D eigenvalue weighted by atomic mass is 9.64. The van der Waals surface area contributed by atoms with Crippen LogP contribution in [0.5, 0.6) is 5.75 Å². The fraction of sp³-hybridized carbons (Fsp3) is 0.519. The maximum absolute atomic E-state index is 13.0. The number of amides is 1. The first kappa shape index (κ1) is 21.6. The highest BCUT2D eigenvalue weighted by Gasteiger charge is 2.52. The van der Waals surface area contributed by atoms with Gasteiger partial charge in [0.25, 0.3) is 0 Å². The molecular formula is C27H32N4O3. The lowest BCUT2D eigenvalue weighted by Crippen LogP contribution is -2.54. The molecule has 0 N–H and O–H groups in total. The first-order valence-electron chi connectivity index (χ1n) is 12.4. The monoisotopic (exact) mass is 460 g/mol. The van der Waals surface area contributed by atoms with Crippen LogP contribution in [0.1, 0.15) is 51.2 Å². The van der Waals surface area contributed by atoms with Crippen LogP contribution in [0.25, 0.3) is 11.0 Å². The molecule has 0 unspecified atom stereocenters. The van der Waals surface area contributed by atoms with Gasteiger partial charge in [-0.25, -0.2) is 4.68 Å². The summed E-state index contributed by atoms with van der Waals surface area (Å²) in [7, 11) is 0. The Morgan fingerprint density at radius 2 is 1.85 bits per heavy atom. The molecular weight excluding hydrogens is 428 g/mol. The van der Waals surface area contributed by atoms with Gasteiger partial charge in [-0.2, -0.15) is 0 Å². The highest BCUT2D eigenvalue weighted by atomic mass is 16.5. The van der Waals surface area contributed by atoms with Gasteiger partial charge in [0.15, 0.2) is 0 Å². The summed E-state index contributed by atoms with van der Waals surface area (Å²) in [6, 6.07) is 16.1. The molecule has 1 amide bonds. The molecule has 0 aliphatic carbocycles. The Hall–Kier alpha value is -2.93. The zero-order valence-corrected chi connectivity index (χ0v) is 19.9. The van der Waals surface area contributed by atoms with Crippen LogP contribution in [0.3, 0.4) is 0 Å². The molecule has 3 aromatic rings. The van der Waals surface area contributed by atoms with Crippen molar-refractivity contribution in [1.82, 2.24) is 19.9 Å². The molecule has 0 bridgehead atoms. The van der Waals surface area contributed by atoms with Crippen molar-refractivity contribution in [3.05, 3.63) is 54.1 Å². The number of piperidine rings is 1. The molecule has 3 aliphatic heterocycles. The number of aryl methyl sites for hydroxylation is 1. The summed E-state index contributed by atoms with van der Waals surface area (Å²) in [6.45, 7) is 7.26. The van der Waals surface area contributed by atoms with E-state index in [1.165, 1.54) is 5.56 Å². The number of rotatable bonds is 3. The largest absolute Gasteiger partial charge is 0.487 e. The van der Waals surface area contributed by atoms with Gasteiger partial charge in [-0.1, -0.05) is 35.5 Å².